The zero-order valence-corrected chi connectivity index (χ0v) is 10.3. The van der Waals surface area contributed by atoms with E-state index in [2.05, 4.69) is 25.2 Å². The molecule has 2 aliphatic rings. The van der Waals surface area contributed by atoms with Crippen molar-refractivity contribution in [2.75, 3.05) is 0 Å². The van der Waals surface area contributed by atoms with Crippen LogP contribution >= 0.6 is 11.9 Å². The van der Waals surface area contributed by atoms with E-state index in [0.717, 1.165) is 23.0 Å². The molecular formula is C12H21NS. The Balaban J connectivity index is 1.92. The number of hydrogen-bond acceptors (Lipinski definition) is 2. The van der Waals surface area contributed by atoms with Gasteiger partial charge in [0.1, 0.15) is 0 Å². The maximum Gasteiger partial charge on any atom is 0.0347 e. The summed E-state index contributed by atoms with van der Waals surface area (Å²) in [6.07, 6.45) is 5.66. The van der Waals surface area contributed by atoms with E-state index in [1.54, 1.807) is 0 Å². The van der Waals surface area contributed by atoms with E-state index in [0.29, 0.717) is 0 Å². The summed E-state index contributed by atoms with van der Waals surface area (Å²) in [5.74, 6) is 2.65. The van der Waals surface area contributed by atoms with E-state index < -0.39 is 0 Å². The molecule has 2 heteroatoms. The molecule has 1 nitrogen and oxygen atoms in total. The number of hydrogen-bond donors (Lipinski definition) is 0. The summed E-state index contributed by atoms with van der Waals surface area (Å²) in [6.45, 7) is 6.91. The Hall–Kier alpha value is 0.0200. The Morgan fingerprint density at radius 1 is 1.43 bits per heavy atom. The third-order valence-electron chi connectivity index (χ3n) is 3.57. The van der Waals surface area contributed by atoms with Gasteiger partial charge in [-0.1, -0.05) is 13.8 Å². The van der Waals surface area contributed by atoms with Crippen LogP contribution in [0.1, 0.15) is 46.5 Å². The first-order valence-corrected chi connectivity index (χ1v) is 6.70. The second-order valence-electron chi connectivity index (χ2n) is 5.29. The SMILES string of the molecule is CC1=NSC2CCC(CC(C)C)C[C@H]12. The molecule has 1 fully saturated rings. The Morgan fingerprint density at radius 2 is 2.21 bits per heavy atom. The maximum absolute atomic E-state index is 4.53. The predicted molar refractivity (Wildman–Crippen MR) is 64.8 cm³/mol. The van der Waals surface area contributed by atoms with Gasteiger partial charge in [-0.2, -0.15) is 0 Å². The smallest absolute Gasteiger partial charge is 0.0347 e. The lowest BCUT2D eigenvalue weighted by molar-refractivity contribution is 0.283. The minimum Gasteiger partial charge on any atom is -0.225 e. The van der Waals surface area contributed by atoms with Crippen LogP contribution in [0.5, 0.6) is 0 Å². The van der Waals surface area contributed by atoms with Crippen LogP contribution in [0.15, 0.2) is 4.40 Å². The van der Waals surface area contributed by atoms with Gasteiger partial charge in [0.15, 0.2) is 0 Å². The summed E-state index contributed by atoms with van der Waals surface area (Å²) in [7, 11) is 0. The van der Waals surface area contributed by atoms with Crippen molar-refractivity contribution in [3.05, 3.63) is 0 Å². The highest BCUT2D eigenvalue weighted by atomic mass is 32.2. The molecule has 0 saturated heterocycles. The largest absolute Gasteiger partial charge is 0.225 e. The fraction of sp³-hybridized carbons (Fsp3) is 0.917. The normalized spacial score (nSPS) is 37.1. The van der Waals surface area contributed by atoms with Gasteiger partial charge in [0.25, 0.3) is 0 Å². The molecule has 1 aliphatic heterocycles. The van der Waals surface area contributed by atoms with Gasteiger partial charge in [0, 0.05) is 16.9 Å². The van der Waals surface area contributed by atoms with Gasteiger partial charge in [0.2, 0.25) is 0 Å². The molecule has 14 heavy (non-hydrogen) atoms. The van der Waals surface area contributed by atoms with E-state index >= 15 is 0 Å². The lowest BCUT2D eigenvalue weighted by Crippen LogP contribution is -2.28. The molecule has 0 amide bonds. The first kappa shape index (κ1) is 10.5. The zero-order chi connectivity index (χ0) is 10.1. The van der Waals surface area contributed by atoms with E-state index in [-0.39, 0.29) is 0 Å². The lowest BCUT2D eigenvalue weighted by atomic mass is 9.76. The van der Waals surface area contributed by atoms with E-state index in [1.807, 2.05) is 11.9 Å². The molecule has 80 valence electrons. The molecule has 0 aromatic rings. The molecule has 0 aromatic carbocycles. The third-order valence-corrected chi connectivity index (χ3v) is 4.80. The second kappa shape index (κ2) is 4.26. The number of fused-ring (bicyclic) bond motifs is 1. The van der Waals surface area contributed by atoms with Gasteiger partial charge in [0.05, 0.1) is 0 Å². The molecule has 0 N–H and O–H groups in total. The molecule has 2 rings (SSSR count). The average Bonchev–Trinajstić information content (AvgIpc) is 2.47. The van der Waals surface area contributed by atoms with E-state index in [1.165, 1.54) is 31.4 Å². The Labute approximate surface area is 91.9 Å². The number of nitrogens with zero attached hydrogens (tertiary/aromatic N) is 1. The molecular weight excluding hydrogens is 190 g/mol. The Kier molecular flexibility index (Phi) is 3.20. The molecule has 2 unspecified atom stereocenters. The maximum atomic E-state index is 4.53. The Morgan fingerprint density at radius 3 is 2.93 bits per heavy atom. The summed E-state index contributed by atoms with van der Waals surface area (Å²) in [5.41, 5.74) is 1.41. The van der Waals surface area contributed by atoms with E-state index in [9.17, 15) is 0 Å². The number of rotatable bonds is 2. The molecule has 0 radical (unpaired) electrons. The van der Waals surface area contributed by atoms with Crippen LogP contribution in [0.4, 0.5) is 0 Å². The summed E-state index contributed by atoms with van der Waals surface area (Å²) >= 11 is 1.84. The van der Waals surface area contributed by atoms with Crippen molar-refractivity contribution in [3.8, 4) is 0 Å². The van der Waals surface area contributed by atoms with Crippen molar-refractivity contribution < 1.29 is 0 Å². The molecule has 0 bridgehead atoms. The fourth-order valence-corrected chi connectivity index (χ4v) is 4.03. The monoisotopic (exact) mass is 211 g/mol. The summed E-state index contributed by atoms with van der Waals surface area (Å²) in [6, 6.07) is 0. The second-order valence-corrected chi connectivity index (χ2v) is 6.29. The van der Waals surface area contributed by atoms with Gasteiger partial charge in [-0.05, 0) is 56.4 Å². The van der Waals surface area contributed by atoms with Crippen LogP contribution in [0.2, 0.25) is 0 Å². The fourth-order valence-electron chi connectivity index (χ4n) is 2.89. The first-order chi connectivity index (χ1) is 6.66. The van der Waals surface area contributed by atoms with Gasteiger partial charge < -0.3 is 0 Å². The van der Waals surface area contributed by atoms with Crippen LogP contribution in [0, 0.1) is 17.8 Å². The molecule has 0 aromatic heterocycles. The van der Waals surface area contributed by atoms with Crippen LogP contribution in [-0.2, 0) is 0 Å². The van der Waals surface area contributed by atoms with E-state index in [4.69, 9.17) is 0 Å². The minimum atomic E-state index is 0.817. The minimum absolute atomic E-state index is 0.817. The summed E-state index contributed by atoms with van der Waals surface area (Å²) < 4.78 is 4.53. The van der Waals surface area contributed by atoms with Crippen LogP contribution < -0.4 is 0 Å². The zero-order valence-electron chi connectivity index (χ0n) is 9.49. The molecule has 1 saturated carbocycles. The van der Waals surface area contributed by atoms with Crippen LogP contribution in [0.3, 0.4) is 0 Å². The van der Waals surface area contributed by atoms with Gasteiger partial charge in [-0.15, -0.1) is 0 Å². The van der Waals surface area contributed by atoms with Crippen molar-refractivity contribution in [2.45, 2.75) is 51.7 Å². The van der Waals surface area contributed by atoms with Crippen LogP contribution in [-0.4, -0.2) is 11.0 Å². The molecule has 3 atom stereocenters. The molecule has 1 heterocycles. The van der Waals surface area contributed by atoms with Gasteiger partial charge in [-0.3, -0.25) is 0 Å². The first-order valence-electron chi connectivity index (χ1n) is 5.87. The quantitative estimate of drug-likeness (QED) is 0.630. The van der Waals surface area contributed by atoms with Crippen molar-refractivity contribution in [1.29, 1.82) is 0 Å². The van der Waals surface area contributed by atoms with Crippen molar-refractivity contribution >= 4 is 17.7 Å². The van der Waals surface area contributed by atoms with Crippen molar-refractivity contribution in [1.82, 2.24) is 0 Å². The lowest BCUT2D eigenvalue weighted by Gasteiger charge is -2.31. The third kappa shape index (κ3) is 2.16. The summed E-state index contributed by atoms with van der Waals surface area (Å²) in [4.78, 5) is 0. The predicted octanol–water partition coefficient (Wildman–Crippen LogP) is 3.94. The van der Waals surface area contributed by atoms with Crippen LogP contribution in [0.25, 0.3) is 0 Å². The summed E-state index contributed by atoms with van der Waals surface area (Å²) in [5, 5.41) is 0.832. The van der Waals surface area contributed by atoms with Crippen molar-refractivity contribution in [3.63, 3.8) is 0 Å². The standard InChI is InChI=1S/C12H21NS/c1-8(2)6-10-4-5-12-11(7-10)9(3)13-14-12/h8,10-12H,4-7H2,1-3H3/t10?,11-,12?/m1/s1. The topological polar surface area (TPSA) is 12.4 Å². The Bertz CT molecular complexity index is 234. The highest BCUT2D eigenvalue weighted by Gasteiger charge is 2.36. The highest BCUT2D eigenvalue weighted by Crippen LogP contribution is 2.43. The average molecular weight is 211 g/mol. The molecule has 1 aliphatic carbocycles. The van der Waals surface area contributed by atoms with Gasteiger partial charge in [-0.25, -0.2) is 4.40 Å². The highest BCUT2D eigenvalue weighted by molar-refractivity contribution is 7.99. The molecule has 0 spiro atoms. The van der Waals surface area contributed by atoms with Crippen molar-refractivity contribution in [2.24, 2.45) is 22.2 Å². The van der Waals surface area contributed by atoms with Gasteiger partial charge >= 0.3 is 0 Å².